The first-order valence-corrected chi connectivity index (χ1v) is 14.4. The molecule has 3 aromatic carbocycles. The second kappa shape index (κ2) is 11.6. The zero-order valence-electron chi connectivity index (χ0n) is 23.6. The van der Waals surface area contributed by atoms with Crippen LogP contribution in [0.5, 0.6) is 0 Å². The van der Waals surface area contributed by atoms with E-state index in [9.17, 15) is 14.4 Å². The number of nitrogens with zero attached hydrogens (tertiary/aromatic N) is 1. The third-order valence-electron chi connectivity index (χ3n) is 8.11. The van der Waals surface area contributed by atoms with Crippen LogP contribution >= 0.6 is 23.2 Å². The number of fused-ring (bicyclic) bond motifs is 2. The molecule has 8 nitrogen and oxygen atoms in total. The third-order valence-corrected chi connectivity index (χ3v) is 8.64. The lowest BCUT2D eigenvalue weighted by molar-refractivity contribution is -0.144. The largest absolute Gasteiger partial charge is 0.465 e. The highest BCUT2D eigenvalue weighted by Gasteiger charge is 2.66. The number of nitrogens with one attached hydrogen (secondary N) is 3. The molecule has 2 heterocycles. The van der Waals surface area contributed by atoms with Gasteiger partial charge in [-0.1, -0.05) is 55.2 Å². The highest BCUT2D eigenvalue weighted by molar-refractivity contribution is 6.31. The fourth-order valence-electron chi connectivity index (χ4n) is 6.30. The summed E-state index contributed by atoms with van der Waals surface area (Å²) in [5, 5.41) is 18.6. The van der Waals surface area contributed by atoms with E-state index in [2.05, 4.69) is 16.0 Å². The van der Waals surface area contributed by atoms with Gasteiger partial charge in [-0.25, -0.2) is 4.39 Å². The highest BCUT2D eigenvalue weighted by atomic mass is 35.5. The molecule has 5 rings (SSSR count). The molecule has 0 bridgehead atoms. The van der Waals surface area contributed by atoms with E-state index in [4.69, 9.17) is 33.2 Å². The second-order valence-electron chi connectivity index (χ2n) is 11.7. The summed E-state index contributed by atoms with van der Waals surface area (Å²) >= 11 is 12.5. The molecule has 222 valence electrons. The van der Waals surface area contributed by atoms with Crippen LogP contribution in [-0.2, 0) is 24.5 Å². The number of rotatable bonds is 7. The average Bonchev–Trinajstić information content (AvgIpc) is 3.43. The number of nitriles is 1. The molecule has 4 atom stereocenters. The van der Waals surface area contributed by atoms with Crippen molar-refractivity contribution in [1.29, 1.82) is 5.26 Å². The Bertz CT molecular complexity index is 1660. The summed E-state index contributed by atoms with van der Waals surface area (Å²) in [5.41, 5.74) is -0.177. The first-order chi connectivity index (χ1) is 20.4. The van der Waals surface area contributed by atoms with E-state index in [1.165, 1.54) is 19.1 Å². The van der Waals surface area contributed by atoms with Crippen molar-refractivity contribution >= 4 is 52.4 Å². The van der Waals surface area contributed by atoms with Crippen LogP contribution in [0.2, 0.25) is 10.0 Å². The molecule has 2 aliphatic heterocycles. The van der Waals surface area contributed by atoms with Gasteiger partial charge in [-0.3, -0.25) is 14.4 Å². The molecular formula is C32H29Cl2FN4O4. The van der Waals surface area contributed by atoms with Crippen LogP contribution in [0.3, 0.4) is 0 Å². The van der Waals surface area contributed by atoms with Crippen LogP contribution in [0.4, 0.5) is 15.8 Å². The van der Waals surface area contributed by atoms with Crippen molar-refractivity contribution in [2.75, 3.05) is 17.2 Å². The van der Waals surface area contributed by atoms with Crippen molar-refractivity contribution in [3.05, 3.63) is 93.2 Å². The lowest BCUT2D eigenvalue weighted by Crippen LogP contribution is -2.50. The molecule has 1 fully saturated rings. The minimum atomic E-state index is -1.48. The van der Waals surface area contributed by atoms with E-state index < -0.39 is 52.4 Å². The molecule has 1 spiro atoms. The molecule has 3 aromatic rings. The molecule has 11 heteroatoms. The van der Waals surface area contributed by atoms with Crippen LogP contribution in [0.15, 0.2) is 60.7 Å². The van der Waals surface area contributed by atoms with E-state index >= 15 is 4.39 Å². The number of amides is 2. The molecule has 0 unspecified atom stereocenters. The van der Waals surface area contributed by atoms with E-state index in [1.807, 2.05) is 19.9 Å². The van der Waals surface area contributed by atoms with E-state index in [1.54, 1.807) is 48.5 Å². The van der Waals surface area contributed by atoms with Crippen LogP contribution in [0.1, 0.15) is 49.8 Å². The zero-order chi connectivity index (χ0) is 31.1. The molecule has 2 aliphatic rings. The lowest BCUT2D eigenvalue weighted by Gasteiger charge is -2.38. The van der Waals surface area contributed by atoms with Gasteiger partial charge in [-0.05, 0) is 60.0 Å². The lowest BCUT2D eigenvalue weighted by atomic mass is 9.62. The van der Waals surface area contributed by atoms with Gasteiger partial charge >= 0.3 is 5.97 Å². The molecule has 0 aliphatic carbocycles. The Morgan fingerprint density at radius 1 is 1.14 bits per heavy atom. The normalized spacial score (nSPS) is 22.5. The summed E-state index contributed by atoms with van der Waals surface area (Å²) in [5.74, 6) is -3.17. The van der Waals surface area contributed by atoms with E-state index in [0.29, 0.717) is 27.5 Å². The second-order valence-corrected chi connectivity index (χ2v) is 12.5. The van der Waals surface area contributed by atoms with Gasteiger partial charge in [-0.2, -0.15) is 5.26 Å². The standard InChI is InChI=1S/C32H29Cl2FN4O4/c1-17(40)43-16-31(2,3)14-25-32(22-12-9-19(33)13-24(22)38-30(32)42)26(21-5-4-6-23(34)27(21)35)28(39-25)29(41)37-20-10-7-18(15-36)8-11-20/h4-13,25-26,28,39H,14,16H2,1-3H3,(H,37,41)(H,38,42)/t25-,26-,28+,32+/m0/s1. The van der Waals surface area contributed by atoms with Crippen molar-refractivity contribution in [3.63, 3.8) is 0 Å². The number of ether oxygens (including phenoxy) is 1. The topological polar surface area (TPSA) is 120 Å². The van der Waals surface area contributed by atoms with Gasteiger partial charge in [0, 0.05) is 40.7 Å². The van der Waals surface area contributed by atoms with Gasteiger partial charge < -0.3 is 20.7 Å². The molecule has 2 amide bonds. The maximum absolute atomic E-state index is 15.9. The van der Waals surface area contributed by atoms with Crippen molar-refractivity contribution in [2.24, 2.45) is 5.41 Å². The van der Waals surface area contributed by atoms with Crippen LogP contribution in [-0.4, -0.2) is 36.5 Å². The van der Waals surface area contributed by atoms with Crippen molar-refractivity contribution in [3.8, 4) is 6.07 Å². The highest BCUT2D eigenvalue weighted by Crippen LogP contribution is 2.57. The number of benzene rings is 3. The number of esters is 1. The molecule has 0 saturated carbocycles. The summed E-state index contributed by atoms with van der Waals surface area (Å²) in [4.78, 5) is 40.0. The Balaban J connectivity index is 1.69. The van der Waals surface area contributed by atoms with E-state index in [0.717, 1.165) is 0 Å². The van der Waals surface area contributed by atoms with Gasteiger partial charge in [-0.15, -0.1) is 0 Å². The number of carbonyl (C=O) groups excluding carboxylic acids is 3. The van der Waals surface area contributed by atoms with E-state index in [-0.39, 0.29) is 23.6 Å². The fraction of sp³-hybridized carbons (Fsp3) is 0.312. The molecule has 0 aromatic heterocycles. The summed E-state index contributed by atoms with van der Waals surface area (Å²) in [6.45, 7) is 5.15. The van der Waals surface area contributed by atoms with Crippen molar-refractivity contribution in [2.45, 2.75) is 50.6 Å². The Morgan fingerprint density at radius 2 is 1.86 bits per heavy atom. The smallest absolute Gasteiger partial charge is 0.302 e. The predicted octanol–water partition coefficient (Wildman–Crippen LogP) is 5.94. The number of hydrogen-bond acceptors (Lipinski definition) is 6. The number of anilines is 2. The van der Waals surface area contributed by atoms with Gasteiger partial charge in [0.15, 0.2) is 0 Å². The molecule has 43 heavy (non-hydrogen) atoms. The fourth-order valence-corrected chi connectivity index (χ4v) is 6.65. The summed E-state index contributed by atoms with van der Waals surface area (Å²) in [6.07, 6.45) is 0.273. The predicted molar refractivity (Wildman–Crippen MR) is 161 cm³/mol. The minimum absolute atomic E-state index is 0.0595. The summed E-state index contributed by atoms with van der Waals surface area (Å²) in [6, 6.07) is 16.0. The number of hydrogen-bond donors (Lipinski definition) is 3. The molecule has 1 saturated heterocycles. The molecular weight excluding hydrogens is 594 g/mol. The Kier molecular flexibility index (Phi) is 8.23. The Labute approximate surface area is 258 Å². The summed E-state index contributed by atoms with van der Waals surface area (Å²) < 4.78 is 21.3. The van der Waals surface area contributed by atoms with Crippen molar-refractivity contribution in [1.82, 2.24) is 5.32 Å². The quantitative estimate of drug-likeness (QED) is 0.281. The first-order valence-electron chi connectivity index (χ1n) is 13.6. The Hall–Kier alpha value is -3.97. The number of halogens is 3. The Morgan fingerprint density at radius 3 is 2.53 bits per heavy atom. The van der Waals surface area contributed by atoms with Crippen molar-refractivity contribution < 1.29 is 23.5 Å². The number of carbonyl (C=O) groups is 3. The SMILES string of the molecule is CC(=O)OCC(C)(C)C[C@@H]1N[C@@H](C(=O)Nc2ccc(C#N)cc2)[C@H](c2cccc(Cl)c2F)[C@]12C(=O)Nc1cc(Cl)ccc12. The van der Waals surface area contributed by atoms with Crippen LogP contribution in [0.25, 0.3) is 0 Å². The van der Waals surface area contributed by atoms with Gasteiger partial charge in [0.2, 0.25) is 11.8 Å². The van der Waals surface area contributed by atoms with Gasteiger partial charge in [0.25, 0.3) is 0 Å². The third kappa shape index (κ3) is 5.58. The maximum Gasteiger partial charge on any atom is 0.302 e. The summed E-state index contributed by atoms with van der Waals surface area (Å²) in [7, 11) is 0. The average molecular weight is 624 g/mol. The van der Waals surface area contributed by atoms with Crippen LogP contribution in [0, 0.1) is 22.6 Å². The van der Waals surface area contributed by atoms with Gasteiger partial charge in [0.05, 0.1) is 29.3 Å². The first kappa shape index (κ1) is 30.5. The van der Waals surface area contributed by atoms with Crippen LogP contribution < -0.4 is 16.0 Å². The minimum Gasteiger partial charge on any atom is -0.465 e. The zero-order valence-corrected chi connectivity index (χ0v) is 25.1. The monoisotopic (exact) mass is 622 g/mol. The molecule has 0 radical (unpaired) electrons. The van der Waals surface area contributed by atoms with Gasteiger partial charge in [0.1, 0.15) is 11.2 Å². The molecule has 3 N–H and O–H groups in total. The maximum atomic E-state index is 15.9.